The highest BCUT2D eigenvalue weighted by molar-refractivity contribution is 5.86. The van der Waals surface area contributed by atoms with Crippen molar-refractivity contribution in [3.8, 4) is 0 Å². The van der Waals surface area contributed by atoms with Gasteiger partial charge in [0.1, 0.15) is 6.61 Å². The first-order valence-corrected chi connectivity index (χ1v) is 12.3. The Labute approximate surface area is 196 Å². The molecule has 2 aromatic rings. The van der Waals surface area contributed by atoms with Crippen LogP contribution in [0.15, 0.2) is 60.7 Å². The molecule has 33 heavy (non-hydrogen) atoms. The van der Waals surface area contributed by atoms with E-state index in [0.29, 0.717) is 44.7 Å². The van der Waals surface area contributed by atoms with Crippen LogP contribution >= 0.6 is 0 Å². The van der Waals surface area contributed by atoms with E-state index in [-0.39, 0.29) is 18.5 Å². The molecule has 0 bridgehead atoms. The molecule has 1 N–H and O–H groups in total. The molecule has 176 valence electrons. The summed E-state index contributed by atoms with van der Waals surface area (Å²) in [5.41, 5.74) is 1.27. The maximum Gasteiger partial charge on any atom is 0.310 e. The molecule has 2 fully saturated rings. The first-order valence-electron chi connectivity index (χ1n) is 12.3. The zero-order chi connectivity index (χ0) is 23.3. The molecule has 5 nitrogen and oxygen atoms in total. The molecule has 2 aliphatic rings. The van der Waals surface area contributed by atoms with Crippen LogP contribution in [0.25, 0.3) is 0 Å². The summed E-state index contributed by atoms with van der Waals surface area (Å²) in [6.07, 6.45) is 3.77. The van der Waals surface area contributed by atoms with Gasteiger partial charge in [-0.2, -0.15) is 0 Å². The first kappa shape index (κ1) is 23.5. The molecule has 0 aromatic heterocycles. The fourth-order valence-electron chi connectivity index (χ4n) is 5.54. The van der Waals surface area contributed by atoms with Crippen LogP contribution in [0, 0.1) is 11.8 Å². The third-order valence-corrected chi connectivity index (χ3v) is 7.34. The third-order valence-electron chi connectivity index (χ3n) is 7.34. The van der Waals surface area contributed by atoms with E-state index in [1.807, 2.05) is 60.4 Å². The Morgan fingerprint density at radius 3 is 2.42 bits per heavy atom. The number of nitrogens with zero attached hydrogens (tertiary/aromatic N) is 1. The Morgan fingerprint density at radius 1 is 1.03 bits per heavy atom. The summed E-state index contributed by atoms with van der Waals surface area (Å²) < 4.78 is 5.65. The number of amides is 1. The summed E-state index contributed by atoms with van der Waals surface area (Å²) in [7, 11) is 0. The lowest BCUT2D eigenvalue weighted by atomic mass is 9.69. The van der Waals surface area contributed by atoms with E-state index in [9.17, 15) is 14.7 Å². The summed E-state index contributed by atoms with van der Waals surface area (Å²) in [5, 5.41) is 11.1. The van der Waals surface area contributed by atoms with Crippen molar-refractivity contribution in [3.63, 3.8) is 0 Å². The van der Waals surface area contributed by atoms with E-state index in [1.165, 1.54) is 5.56 Å². The Bertz CT molecular complexity index is 931. The van der Waals surface area contributed by atoms with Gasteiger partial charge in [0, 0.05) is 19.0 Å². The van der Waals surface area contributed by atoms with Gasteiger partial charge in [-0.1, -0.05) is 74.0 Å². The summed E-state index contributed by atoms with van der Waals surface area (Å²) in [4.78, 5) is 28.7. The lowest BCUT2D eigenvalue weighted by Gasteiger charge is -2.41. The molecule has 4 rings (SSSR count). The van der Waals surface area contributed by atoms with E-state index in [1.54, 1.807) is 0 Å². The molecule has 1 saturated carbocycles. The predicted octanol–water partition coefficient (Wildman–Crippen LogP) is 4.69. The number of esters is 1. The summed E-state index contributed by atoms with van der Waals surface area (Å²) >= 11 is 0. The van der Waals surface area contributed by atoms with E-state index in [0.717, 1.165) is 18.4 Å². The van der Waals surface area contributed by atoms with E-state index < -0.39 is 17.4 Å². The van der Waals surface area contributed by atoms with Crippen LogP contribution in [-0.2, 0) is 20.9 Å². The number of rotatable bonds is 7. The number of hydrogen-bond donors (Lipinski definition) is 1. The molecular formula is C28H35NO4. The Morgan fingerprint density at radius 2 is 1.73 bits per heavy atom. The number of benzene rings is 2. The average Bonchev–Trinajstić information content (AvgIpc) is 3.34. The van der Waals surface area contributed by atoms with Crippen LogP contribution in [0.3, 0.4) is 0 Å². The molecule has 5 heteroatoms. The van der Waals surface area contributed by atoms with Crippen LogP contribution in [0.4, 0.5) is 0 Å². The summed E-state index contributed by atoms with van der Waals surface area (Å²) in [6.45, 7) is 3.61. The quantitative estimate of drug-likeness (QED) is 0.623. The van der Waals surface area contributed by atoms with Crippen molar-refractivity contribution in [2.45, 2.75) is 63.6 Å². The molecule has 1 aliphatic heterocycles. The maximum absolute atomic E-state index is 13.6. The lowest BCUT2D eigenvalue weighted by molar-refractivity contribution is -0.164. The van der Waals surface area contributed by atoms with Gasteiger partial charge in [-0.05, 0) is 43.2 Å². The second kappa shape index (κ2) is 10.5. The molecule has 2 aromatic carbocycles. The molecular weight excluding hydrogens is 414 g/mol. The predicted molar refractivity (Wildman–Crippen MR) is 127 cm³/mol. The van der Waals surface area contributed by atoms with Crippen LogP contribution in [0.1, 0.15) is 62.5 Å². The minimum atomic E-state index is -0.903. The topological polar surface area (TPSA) is 66.8 Å². The highest BCUT2D eigenvalue weighted by Crippen LogP contribution is 2.41. The zero-order valence-electron chi connectivity index (χ0n) is 19.5. The third kappa shape index (κ3) is 5.64. The highest BCUT2D eigenvalue weighted by atomic mass is 16.5. The molecule has 1 heterocycles. The smallest absolute Gasteiger partial charge is 0.310 e. The molecule has 1 amide bonds. The fourth-order valence-corrected chi connectivity index (χ4v) is 5.54. The molecule has 4 atom stereocenters. The van der Waals surface area contributed by atoms with Crippen molar-refractivity contribution < 1.29 is 19.4 Å². The monoisotopic (exact) mass is 449 g/mol. The van der Waals surface area contributed by atoms with Gasteiger partial charge in [0.05, 0.1) is 17.4 Å². The van der Waals surface area contributed by atoms with Gasteiger partial charge in [0.2, 0.25) is 5.91 Å². The number of carbonyl (C=O) groups excluding carboxylic acids is 2. The largest absolute Gasteiger partial charge is 0.461 e. The van der Waals surface area contributed by atoms with Crippen LogP contribution < -0.4 is 0 Å². The second-order valence-corrected chi connectivity index (χ2v) is 9.70. The Balaban J connectivity index is 1.46. The van der Waals surface area contributed by atoms with Crippen molar-refractivity contribution in [1.82, 2.24) is 4.90 Å². The molecule has 0 spiro atoms. The standard InChI is InChI=1S/C28H35NO4/c1-2-15-28(32)16-13-24(25(18-28)27(31)33-20-21-9-5-3-6-10-21)26(30)29-17-14-23(19-29)22-11-7-4-8-12-22/h3-12,23-25,32H,2,13-20H2,1H3/t23-,24-,25-,28?/m0/s1. The van der Waals surface area contributed by atoms with Gasteiger partial charge < -0.3 is 14.7 Å². The second-order valence-electron chi connectivity index (χ2n) is 9.70. The lowest BCUT2D eigenvalue weighted by Crippen LogP contribution is -2.48. The number of ether oxygens (including phenoxy) is 1. The molecule has 1 unspecified atom stereocenters. The fraction of sp³-hybridized carbons (Fsp3) is 0.500. The van der Waals surface area contributed by atoms with Crippen LogP contribution in [0.2, 0.25) is 0 Å². The Hall–Kier alpha value is -2.66. The SMILES string of the molecule is CCCC1(O)CC[C@H](C(=O)N2CC[C@H](c3ccccc3)C2)[C@@H](C(=O)OCc2ccccc2)C1. The minimum Gasteiger partial charge on any atom is -0.461 e. The zero-order valence-corrected chi connectivity index (χ0v) is 19.5. The molecule has 0 radical (unpaired) electrons. The number of likely N-dealkylation sites (tertiary alicyclic amines) is 1. The van der Waals surface area contributed by atoms with Crippen molar-refractivity contribution in [1.29, 1.82) is 0 Å². The van der Waals surface area contributed by atoms with Gasteiger partial charge in [-0.15, -0.1) is 0 Å². The van der Waals surface area contributed by atoms with E-state index >= 15 is 0 Å². The van der Waals surface area contributed by atoms with E-state index in [2.05, 4.69) is 12.1 Å². The van der Waals surface area contributed by atoms with Crippen molar-refractivity contribution in [2.24, 2.45) is 11.8 Å². The van der Waals surface area contributed by atoms with Gasteiger partial charge in [-0.3, -0.25) is 9.59 Å². The summed E-state index contributed by atoms with van der Waals surface area (Å²) in [6, 6.07) is 19.9. The van der Waals surface area contributed by atoms with Gasteiger partial charge in [-0.25, -0.2) is 0 Å². The van der Waals surface area contributed by atoms with Gasteiger partial charge in [0.25, 0.3) is 0 Å². The average molecular weight is 450 g/mol. The number of carbonyl (C=O) groups is 2. The normalized spacial score (nSPS) is 27.3. The maximum atomic E-state index is 13.6. The van der Waals surface area contributed by atoms with E-state index in [4.69, 9.17) is 4.74 Å². The molecule has 1 saturated heterocycles. The van der Waals surface area contributed by atoms with Crippen molar-refractivity contribution in [2.75, 3.05) is 13.1 Å². The Kier molecular flexibility index (Phi) is 7.49. The highest BCUT2D eigenvalue weighted by Gasteiger charge is 2.47. The van der Waals surface area contributed by atoms with Crippen molar-refractivity contribution >= 4 is 11.9 Å². The van der Waals surface area contributed by atoms with Crippen molar-refractivity contribution in [3.05, 3.63) is 71.8 Å². The number of aliphatic hydroxyl groups is 1. The van der Waals surface area contributed by atoms with Crippen LogP contribution in [-0.4, -0.2) is 40.6 Å². The van der Waals surface area contributed by atoms with Crippen LogP contribution in [0.5, 0.6) is 0 Å². The van der Waals surface area contributed by atoms with Gasteiger partial charge >= 0.3 is 5.97 Å². The van der Waals surface area contributed by atoms with Gasteiger partial charge in [0.15, 0.2) is 0 Å². The number of hydrogen-bond acceptors (Lipinski definition) is 4. The summed E-state index contributed by atoms with van der Waals surface area (Å²) in [5.74, 6) is -1.04. The minimum absolute atomic E-state index is 0.0358. The first-order chi connectivity index (χ1) is 16.0. The molecule has 1 aliphatic carbocycles.